The van der Waals surface area contributed by atoms with Gasteiger partial charge in [-0.15, -0.1) is 11.8 Å². The van der Waals surface area contributed by atoms with Gasteiger partial charge in [-0.2, -0.15) is 0 Å². The number of carbonyl (C=O) groups is 3. The predicted octanol–water partition coefficient (Wildman–Crippen LogP) is 4.71. The fraction of sp³-hybridized carbons (Fsp3) is 0.444. The molecule has 2 aromatic rings. The van der Waals surface area contributed by atoms with E-state index in [0.717, 1.165) is 24.0 Å². The number of carboxylic acid groups (broad SMARTS) is 1. The second-order valence-electron chi connectivity index (χ2n) is 9.25. The molecule has 2 aliphatic rings. The van der Waals surface area contributed by atoms with Gasteiger partial charge < -0.3 is 20.1 Å². The molecule has 8 heteroatoms. The van der Waals surface area contributed by atoms with Gasteiger partial charge in [-0.3, -0.25) is 4.79 Å². The summed E-state index contributed by atoms with van der Waals surface area (Å²) in [4.78, 5) is 38.5. The van der Waals surface area contributed by atoms with Crippen molar-refractivity contribution >= 4 is 29.7 Å². The Balaban J connectivity index is 1.28. The fourth-order valence-corrected chi connectivity index (χ4v) is 6.48. The molecule has 0 spiro atoms. The number of hydrogen-bond donors (Lipinski definition) is 2. The molecule has 35 heavy (non-hydrogen) atoms. The van der Waals surface area contributed by atoms with E-state index in [0.29, 0.717) is 5.75 Å². The lowest BCUT2D eigenvalue weighted by molar-refractivity contribution is -0.149. The Labute approximate surface area is 210 Å². The van der Waals surface area contributed by atoms with Crippen LogP contribution in [0.2, 0.25) is 0 Å². The third-order valence-electron chi connectivity index (χ3n) is 6.66. The van der Waals surface area contributed by atoms with Gasteiger partial charge in [-0.1, -0.05) is 68.8 Å². The normalized spacial score (nSPS) is 19.7. The maximum atomic E-state index is 12.9. The largest absolute Gasteiger partial charge is 0.480 e. The summed E-state index contributed by atoms with van der Waals surface area (Å²) in [6, 6.07) is 15.5. The number of nitrogens with zero attached hydrogens (tertiary/aromatic N) is 1. The van der Waals surface area contributed by atoms with Crippen LogP contribution in [0.1, 0.15) is 50.2 Å². The number of hydrogen-bond acceptors (Lipinski definition) is 5. The van der Waals surface area contributed by atoms with Gasteiger partial charge in [-0.25, -0.2) is 9.59 Å². The summed E-state index contributed by atoms with van der Waals surface area (Å²) in [6.07, 6.45) is 1.31. The smallest absolute Gasteiger partial charge is 0.407 e. The van der Waals surface area contributed by atoms with Crippen molar-refractivity contribution in [2.75, 3.05) is 18.9 Å². The van der Waals surface area contributed by atoms with Crippen molar-refractivity contribution in [2.24, 2.45) is 5.92 Å². The molecule has 2 aromatic carbocycles. The summed E-state index contributed by atoms with van der Waals surface area (Å²) in [7, 11) is 0. The molecular formula is C27H32N2O5S. The van der Waals surface area contributed by atoms with E-state index in [1.807, 2.05) is 38.1 Å². The number of benzene rings is 2. The molecule has 1 fully saturated rings. The van der Waals surface area contributed by atoms with Crippen LogP contribution in [0.5, 0.6) is 0 Å². The van der Waals surface area contributed by atoms with E-state index in [-0.39, 0.29) is 42.7 Å². The van der Waals surface area contributed by atoms with E-state index in [1.54, 1.807) is 0 Å². The van der Waals surface area contributed by atoms with Gasteiger partial charge >= 0.3 is 12.1 Å². The summed E-state index contributed by atoms with van der Waals surface area (Å²) < 4.78 is 5.57. The lowest BCUT2D eigenvalue weighted by atomic mass is 9.98. The maximum Gasteiger partial charge on any atom is 0.407 e. The van der Waals surface area contributed by atoms with E-state index in [2.05, 4.69) is 29.6 Å². The highest BCUT2D eigenvalue weighted by Crippen LogP contribution is 2.44. The van der Waals surface area contributed by atoms with Crippen molar-refractivity contribution in [3.05, 3.63) is 59.7 Å². The molecule has 3 unspecified atom stereocenters. The fourth-order valence-electron chi connectivity index (χ4n) is 4.94. The van der Waals surface area contributed by atoms with E-state index in [4.69, 9.17) is 4.74 Å². The van der Waals surface area contributed by atoms with E-state index < -0.39 is 18.1 Å². The minimum absolute atomic E-state index is 0.0109. The standard InChI is InChI=1S/C27H32N2O5S/c1-3-8-25-29(23(16-35-25)26(31)32)24(30)13-17(2)14-28-27(33)34-15-22-20-11-6-4-9-18(20)19-10-5-7-12-21(19)22/h4-7,9-12,17,22-23,25H,3,8,13-16H2,1-2H3,(H,28,33)(H,31,32). The molecule has 0 radical (unpaired) electrons. The molecule has 0 aromatic heterocycles. The lowest BCUT2D eigenvalue weighted by Gasteiger charge is -2.28. The zero-order valence-corrected chi connectivity index (χ0v) is 20.9. The summed E-state index contributed by atoms with van der Waals surface area (Å²) in [5.41, 5.74) is 4.65. The first-order valence-corrected chi connectivity index (χ1v) is 13.2. The molecule has 1 aliphatic heterocycles. The van der Waals surface area contributed by atoms with Crippen LogP contribution in [-0.4, -0.2) is 58.3 Å². The summed E-state index contributed by atoms with van der Waals surface area (Å²) in [5.74, 6) is -0.886. The molecule has 186 valence electrons. The van der Waals surface area contributed by atoms with Crippen molar-refractivity contribution in [1.29, 1.82) is 0 Å². The number of rotatable bonds is 9. The molecule has 1 aliphatic carbocycles. The van der Waals surface area contributed by atoms with Gasteiger partial charge in [0.25, 0.3) is 0 Å². The number of ether oxygens (including phenoxy) is 1. The molecule has 2 N–H and O–H groups in total. The van der Waals surface area contributed by atoms with Crippen molar-refractivity contribution in [1.82, 2.24) is 10.2 Å². The molecule has 3 atom stereocenters. The van der Waals surface area contributed by atoms with Gasteiger partial charge in [0, 0.05) is 24.6 Å². The third kappa shape index (κ3) is 5.48. The van der Waals surface area contributed by atoms with Crippen LogP contribution in [0.25, 0.3) is 11.1 Å². The number of carboxylic acids is 1. The van der Waals surface area contributed by atoms with Crippen LogP contribution in [-0.2, 0) is 14.3 Å². The third-order valence-corrected chi connectivity index (χ3v) is 8.02. The second kappa shape index (κ2) is 11.2. The Hall–Kier alpha value is -3.00. The topological polar surface area (TPSA) is 95.9 Å². The predicted molar refractivity (Wildman–Crippen MR) is 136 cm³/mol. The summed E-state index contributed by atoms with van der Waals surface area (Å²) in [6.45, 7) is 4.41. The molecule has 0 bridgehead atoms. The van der Waals surface area contributed by atoms with Crippen LogP contribution in [0.3, 0.4) is 0 Å². The number of aliphatic carboxylic acids is 1. The van der Waals surface area contributed by atoms with E-state index in [1.165, 1.54) is 27.8 Å². The van der Waals surface area contributed by atoms with Crippen LogP contribution in [0, 0.1) is 5.92 Å². The number of nitrogens with one attached hydrogen (secondary N) is 1. The SMILES string of the molecule is CCCC1SCC(C(=O)O)N1C(=O)CC(C)CNC(=O)OCC1c2ccccc2-c2ccccc21. The average molecular weight is 497 g/mol. The monoisotopic (exact) mass is 496 g/mol. The summed E-state index contributed by atoms with van der Waals surface area (Å²) in [5, 5.41) is 12.2. The van der Waals surface area contributed by atoms with Crippen LogP contribution in [0.15, 0.2) is 48.5 Å². The van der Waals surface area contributed by atoms with Crippen molar-refractivity contribution in [3.8, 4) is 11.1 Å². The van der Waals surface area contributed by atoms with Crippen LogP contribution < -0.4 is 5.32 Å². The highest BCUT2D eigenvalue weighted by Gasteiger charge is 2.41. The van der Waals surface area contributed by atoms with Gasteiger partial charge in [-0.05, 0) is 34.6 Å². The second-order valence-corrected chi connectivity index (χ2v) is 10.5. The molecule has 1 saturated heterocycles. The Morgan fingerprint density at radius 1 is 1.11 bits per heavy atom. The number of amides is 2. The highest BCUT2D eigenvalue weighted by molar-refractivity contribution is 8.00. The number of carbonyl (C=O) groups excluding carboxylic acids is 2. The van der Waals surface area contributed by atoms with Crippen LogP contribution >= 0.6 is 11.8 Å². The lowest BCUT2D eigenvalue weighted by Crippen LogP contribution is -2.46. The Morgan fingerprint density at radius 3 is 2.34 bits per heavy atom. The van der Waals surface area contributed by atoms with Gasteiger partial charge in [0.15, 0.2) is 0 Å². The Bertz CT molecular complexity index is 1050. The first-order chi connectivity index (χ1) is 16.9. The quantitative estimate of drug-likeness (QED) is 0.522. The molecule has 2 amide bonds. The number of alkyl carbamates (subject to hydrolysis) is 1. The number of thioether (sulfide) groups is 1. The van der Waals surface area contributed by atoms with Gasteiger partial charge in [0.05, 0.1) is 5.37 Å². The average Bonchev–Trinajstić information content (AvgIpc) is 3.41. The first kappa shape index (κ1) is 25.1. The van der Waals surface area contributed by atoms with Crippen molar-refractivity contribution < 1.29 is 24.2 Å². The Morgan fingerprint density at radius 2 is 1.74 bits per heavy atom. The highest BCUT2D eigenvalue weighted by atomic mass is 32.2. The zero-order chi connectivity index (χ0) is 24.9. The molecular weight excluding hydrogens is 464 g/mol. The van der Waals surface area contributed by atoms with E-state index >= 15 is 0 Å². The van der Waals surface area contributed by atoms with Gasteiger partial charge in [0.1, 0.15) is 12.6 Å². The zero-order valence-electron chi connectivity index (χ0n) is 20.1. The minimum atomic E-state index is -0.964. The van der Waals surface area contributed by atoms with Crippen molar-refractivity contribution in [3.63, 3.8) is 0 Å². The molecule has 0 saturated carbocycles. The summed E-state index contributed by atoms with van der Waals surface area (Å²) >= 11 is 1.53. The molecule has 1 heterocycles. The number of fused-ring (bicyclic) bond motifs is 3. The first-order valence-electron chi connectivity index (χ1n) is 12.1. The van der Waals surface area contributed by atoms with Crippen LogP contribution in [0.4, 0.5) is 4.79 Å². The van der Waals surface area contributed by atoms with Crippen molar-refractivity contribution in [2.45, 2.75) is 50.4 Å². The Kier molecular flexibility index (Phi) is 8.00. The van der Waals surface area contributed by atoms with E-state index in [9.17, 15) is 19.5 Å². The maximum absolute atomic E-state index is 12.9. The minimum Gasteiger partial charge on any atom is -0.480 e. The molecule has 4 rings (SSSR count). The molecule has 7 nitrogen and oxygen atoms in total. The van der Waals surface area contributed by atoms with Gasteiger partial charge in [0.2, 0.25) is 5.91 Å².